The number of guanidine groups is 1. The van der Waals surface area contributed by atoms with Crippen molar-refractivity contribution in [2.45, 2.75) is 46.6 Å². The summed E-state index contributed by atoms with van der Waals surface area (Å²) >= 11 is 0. The van der Waals surface area contributed by atoms with Crippen molar-refractivity contribution in [2.24, 2.45) is 10.9 Å². The molecular weight excluding hydrogens is 330 g/mol. The average molecular weight is 359 g/mol. The van der Waals surface area contributed by atoms with E-state index in [1.54, 1.807) is 7.11 Å². The third kappa shape index (κ3) is 5.56. The van der Waals surface area contributed by atoms with Gasteiger partial charge in [-0.25, -0.2) is 4.99 Å². The molecule has 2 rings (SSSR count). The third-order valence-electron chi connectivity index (χ3n) is 4.20. The Labute approximate surface area is 154 Å². The van der Waals surface area contributed by atoms with Gasteiger partial charge in [-0.3, -0.25) is 15.2 Å². The molecule has 2 aromatic rings. The Balaban J connectivity index is 2.20. The minimum absolute atomic E-state index is 0.0640. The van der Waals surface area contributed by atoms with E-state index in [1.807, 2.05) is 32.0 Å². The number of fused-ring (bicyclic) bond motifs is 1. The molecular formula is C19H29N5O2. The zero-order chi connectivity index (χ0) is 19.1. The number of aryl methyl sites for hydroxylation is 1. The van der Waals surface area contributed by atoms with Gasteiger partial charge < -0.3 is 10.1 Å². The maximum atomic E-state index is 12.3. The van der Waals surface area contributed by atoms with Crippen LogP contribution in [0.3, 0.4) is 0 Å². The minimum atomic E-state index is -0.0983. The number of amides is 1. The topological polar surface area (TPSA) is 91.4 Å². The Morgan fingerprint density at radius 2 is 2.15 bits per heavy atom. The van der Waals surface area contributed by atoms with Gasteiger partial charge in [0.1, 0.15) is 0 Å². The third-order valence-corrected chi connectivity index (χ3v) is 4.20. The first kappa shape index (κ1) is 19.9. The molecule has 1 amide bonds. The van der Waals surface area contributed by atoms with Crippen molar-refractivity contribution in [3.05, 3.63) is 23.8 Å². The SMILES string of the molecule is CCC(C)CC(=O)NC(=NC(C)COC)Nc1n[nH]c2cc(C)ccc12. The number of methoxy groups -OCH3 is 1. The summed E-state index contributed by atoms with van der Waals surface area (Å²) in [4.78, 5) is 16.8. The Morgan fingerprint density at radius 1 is 1.38 bits per heavy atom. The molecule has 0 aliphatic heterocycles. The largest absolute Gasteiger partial charge is 0.382 e. The Morgan fingerprint density at radius 3 is 2.85 bits per heavy atom. The Kier molecular flexibility index (Phi) is 7.15. The molecule has 1 aromatic carbocycles. The second-order valence-electron chi connectivity index (χ2n) is 6.79. The number of carbonyl (C=O) groups is 1. The summed E-state index contributed by atoms with van der Waals surface area (Å²) < 4.78 is 5.14. The van der Waals surface area contributed by atoms with Gasteiger partial charge in [0.25, 0.3) is 0 Å². The fourth-order valence-corrected chi connectivity index (χ4v) is 2.58. The van der Waals surface area contributed by atoms with Gasteiger partial charge in [0, 0.05) is 18.9 Å². The van der Waals surface area contributed by atoms with Crippen LogP contribution in [0, 0.1) is 12.8 Å². The smallest absolute Gasteiger partial charge is 0.226 e. The van der Waals surface area contributed by atoms with Gasteiger partial charge in [0.05, 0.1) is 18.2 Å². The summed E-state index contributed by atoms with van der Waals surface area (Å²) in [5.74, 6) is 1.27. The number of nitrogens with one attached hydrogen (secondary N) is 3. The lowest BCUT2D eigenvalue weighted by Crippen LogP contribution is -2.38. The van der Waals surface area contributed by atoms with E-state index in [0.717, 1.165) is 22.9 Å². The first-order chi connectivity index (χ1) is 12.4. The molecule has 0 radical (unpaired) electrons. The molecule has 1 heterocycles. The van der Waals surface area contributed by atoms with Crippen LogP contribution in [0.25, 0.3) is 10.9 Å². The van der Waals surface area contributed by atoms with E-state index in [-0.39, 0.29) is 11.9 Å². The molecule has 26 heavy (non-hydrogen) atoms. The van der Waals surface area contributed by atoms with Gasteiger partial charge in [-0.05, 0) is 37.5 Å². The van der Waals surface area contributed by atoms with Crippen LogP contribution in [-0.4, -0.2) is 41.8 Å². The highest BCUT2D eigenvalue weighted by molar-refractivity contribution is 6.07. The molecule has 7 nitrogen and oxygen atoms in total. The fraction of sp³-hybridized carbons (Fsp3) is 0.526. The van der Waals surface area contributed by atoms with Crippen molar-refractivity contribution in [1.82, 2.24) is 15.5 Å². The number of H-pyrrole nitrogens is 1. The van der Waals surface area contributed by atoms with E-state index in [0.29, 0.717) is 30.7 Å². The summed E-state index contributed by atoms with van der Waals surface area (Å²) in [5.41, 5.74) is 2.08. The van der Waals surface area contributed by atoms with Gasteiger partial charge in [0.15, 0.2) is 5.82 Å². The normalized spacial score (nSPS) is 14.3. The van der Waals surface area contributed by atoms with E-state index in [4.69, 9.17) is 4.74 Å². The summed E-state index contributed by atoms with van der Waals surface area (Å²) in [6, 6.07) is 5.95. The molecule has 0 spiro atoms. The summed E-state index contributed by atoms with van der Waals surface area (Å²) in [5, 5.41) is 14.3. The van der Waals surface area contributed by atoms with Gasteiger partial charge in [-0.2, -0.15) is 5.10 Å². The highest BCUT2D eigenvalue weighted by Gasteiger charge is 2.14. The van der Waals surface area contributed by atoms with Crippen LogP contribution in [-0.2, 0) is 9.53 Å². The van der Waals surface area contributed by atoms with Crippen molar-refractivity contribution < 1.29 is 9.53 Å². The van der Waals surface area contributed by atoms with Gasteiger partial charge in [-0.15, -0.1) is 0 Å². The maximum absolute atomic E-state index is 12.3. The average Bonchev–Trinajstić information content (AvgIpc) is 2.96. The van der Waals surface area contributed by atoms with Crippen LogP contribution in [0.2, 0.25) is 0 Å². The molecule has 142 valence electrons. The van der Waals surface area contributed by atoms with Crippen LogP contribution in [0.4, 0.5) is 5.82 Å². The second kappa shape index (κ2) is 9.33. The van der Waals surface area contributed by atoms with Crippen LogP contribution < -0.4 is 10.6 Å². The zero-order valence-electron chi connectivity index (χ0n) is 16.2. The van der Waals surface area contributed by atoms with Crippen molar-refractivity contribution in [3.8, 4) is 0 Å². The van der Waals surface area contributed by atoms with E-state index in [2.05, 4.69) is 39.7 Å². The van der Waals surface area contributed by atoms with Crippen molar-refractivity contribution >= 4 is 28.6 Å². The van der Waals surface area contributed by atoms with E-state index in [1.165, 1.54) is 0 Å². The lowest BCUT2D eigenvalue weighted by molar-refractivity contribution is -0.120. The highest BCUT2D eigenvalue weighted by Crippen LogP contribution is 2.21. The van der Waals surface area contributed by atoms with Crippen molar-refractivity contribution in [2.75, 3.05) is 19.0 Å². The molecule has 7 heteroatoms. The Bertz CT molecular complexity index is 768. The number of aromatic amines is 1. The molecule has 0 saturated carbocycles. The number of rotatable bonds is 7. The van der Waals surface area contributed by atoms with Crippen LogP contribution in [0.15, 0.2) is 23.2 Å². The van der Waals surface area contributed by atoms with E-state index >= 15 is 0 Å². The molecule has 0 fully saturated rings. The molecule has 1 aromatic heterocycles. The molecule has 0 aliphatic rings. The molecule has 0 saturated heterocycles. The van der Waals surface area contributed by atoms with Gasteiger partial charge in [-0.1, -0.05) is 26.3 Å². The van der Waals surface area contributed by atoms with E-state index in [9.17, 15) is 4.79 Å². The minimum Gasteiger partial charge on any atom is -0.382 e. The fourth-order valence-electron chi connectivity index (χ4n) is 2.58. The number of ether oxygens (including phenoxy) is 1. The number of aliphatic imine (C=N–C) groups is 1. The highest BCUT2D eigenvalue weighted by atomic mass is 16.5. The van der Waals surface area contributed by atoms with Crippen LogP contribution >= 0.6 is 0 Å². The van der Waals surface area contributed by atoms with Gasteiger partial charge >= 0.3 is 0 Å². The molecule has 2 atom stereocenters. The number of carbonyl (C=O) groups excluding carboxylic acids is 1. The summed E-state index contributed by atoms with van der Waals surface area (Å²) in [7, 11) is 1.63. The maximum Gasteiger partial charge on any atom is 0.226 e. The lowest BCUT2D eigenvalue weighted by Gasteiger charge is -2.14. The second-order valence-corrected chi connectivity index (χ2v) is 6.79. The molecule has 0 aliphatic carbocycles. The zero-order valence-corrected chi connectivity index (χ0v) is 16.2. The van der Waals surface area contributed by atoms with Gasteiger partial charge in [0.2, 0.25) is 11.9 Å². The lowest BCUT2D eigenvalue weighted by atomic mass is 10.1. The van der Waals surface area contributed by atoms with Crippen LogP contribution in [0.5, 0.6) is 0 Å². The predicted octanol–water partition coefficient (Wildman–Crippen LogP) is 3.23. The first-order valence-electron chi connectivity index (χ1n) is 9.01. The molecule has 0 bridgehead atoms. The Hall–Kier alpha value is -2.41. The number of hydrogen-bond acceptors (Lipinski definition) is 4. The van der Waals surface area contributed by atoms with Crippen molar-refractivity contribution in [3.63, 3.8) is 0 Å². The number of hydrogen-bond donors (Lipinski definition) is 3. The van der Waals surface area contributed by atoms with Crippen molar-refractivity contribution in [1.29, 1.82) is 0 Å². The number of nitrogens with zero attached hydrogens (tertiary/aromatic N) is 2. The quantitative estimate of drug-likeness (QED) is 0.523. The predicted molar refractivity (Wildman–Crippen MR) is 105 cm³/mol. The summed E-state index contributed by atoms with van der Waals surface area (Å²) in [6.45, 7) is 8.55. The number of aromatic nitrogens is 2. The number of anilines is 1. The molecule has 3 N–H and O–H groups in total. The first-order valence-corrected chi connectivity index (χ1v) is 9.01. The molecule has 2 unspecified atom stereocenters. The number of benzene rings is 1. The van der Waals surface area contributed by atoms with E-state index < -0.39 is 0 Å². The monoisotopic (exact) mass is 359 g/mol. The van der Waals surface area contributed by atoms with Crippen LogP contribution in [0.1, 0.15) is 39.2 Å². The summed E-state index contributed by atoms with van der Waals surface area (Å²) in [6.07, 6.45) is 1.41. The standard InChI is InChI=1S/C19H29N5O2/c1-6-12(2)10-17(25)21-19(20-14(4)11-26-5)22-18-15-8-7-13(3)9-16(15)23-24-18/h7-9,12,14H,6,10-11H2,1-5H3,(H3,20,21,22,23,24,25).